The summed E-state index contributed by atoms with van der Waals surface area (Å²) < 4.78 is 32.0. The minimum atomic E-state index is -3.64. The molecule has 0 radical (unpaired) electrons. The lowest BCUT2D eigenvalue weighted by atomic mass is 10.1. The predicted octanol–water partition coefficient (Wildman–Crippen LogP) is 4.46. The van der Waals surface area contributed by atoms with Crippen molar-refractivity contribution in [3.05, 3.63) is 47.1 Å². The van der Waals surface area contributed by atoms with Crippen molar-refractivity contribution in [2.75, 3.05) is 0 Å². The number of rotatable bonds is 3. The molecule has 118 valence electrons. The number of ether oxygens (including phenoxy) is 1. The lowest BCUT2D eigenvalue weighted by Gasteiger charge is -2.12. The molecule has 3 rings (SSSR count). The molecule has 5 nitrogen and oxygen atoms in total. The number of benzene rings is 1. The van der Waals surface area contributed by atoms with Gasteiger partial charge in [-0.25, -0.2) is 19.9 Å². The fraction of sp³-hybridized carbons (Fsp3) is 0.143. The van der Waals surface area contributed by atoms with Gasteiger partial charge in [0.1, 0.15) is 5.75 Å². The van der Waals surface area contributed by atoms with E-state index in [0.29, 0.717) is 21.9 Å². The maximum atomic E-state index is 13.2. The van der Waals surface area contributed by atoms with E-state index in [9.17, 15) is 8.78 Å². The third kappa shape index (κ3) is 3.30. The zero-order valence-electron chi connectivity index (χ0n) is 11.6. The Hall–Kier alpha value is -2.12. The van der Waals surface area contributed by atoms with Gasteiger partial charge >= 0.3 is 11.4 Å². The van der Waals surface area contributed by atoms with Gasteiger partial charge in [-0.1, -0.05) is 17.7 Å². The molecule has 0 aliphatic carbocycles. The first kappa shape index (κ1) is 15.8. The van der Waals surface area contributed by atoms with Crippen LogP contribution in [0.4, 0.5) is 8.78 Å². The van der Waals surface area contributed by atoms with Crippen molar-refractivity contribution in [2.45, 2.75) is 12.3 Å². The molecule has 23 heavy (non-hydrogen) atoms. The second kappa shape index (κ2) is 5.82. The van der Waals surface area contributed by atoms with E-state index in [1.165, 1.54) is 12.4 Å². The number of alkyl halides is 3. The minimum absolute atomic E-state index is 0.0630. The van der Waals surface area contributed by atoms with Crippen molar-refractivity contribution in [1.29, 1.82) is 0 Å². The highest BCUT2D eigenvalue weighted by atomic mass is 35.5. The Balaban J connectivity index is 2.10. The molecular formula is C14H8Cl2F2N4O. The third-order valence-corrected chi connectivity index (χ3v) is 3.28. The monoisotopic (exact) mass is 356 g/mol. The van der Waals surface area contributed by atoms with Crippen LogP contribution in [0.25, 0.3) is 10.9 Å². The summed E-state index contributed by atoms with van der Waals surface area (Å²) in [5.74, 6) is -0.421. The second-order valence-electron chi connectivity index (χ2n) is 4.57. The highest BCUT2D eigenvalue weighted by molar-refractivity contribution is 6.30. The average molecular weight is 357 g/mol. The summed E-state index contributed by atoms with van der Waals surface area (Å²) >= 11 is 10.7. The van der Waals surface area contributed by atoms with E-state index in [4.69, 9.17) is 27.9 Å². The van der Waals surface area contributed by atoms with E-state index >= 15 is 0 Å². The summed E-state index contributed by atoms with van der Waals surface area (Å²) in [7, 11) is 0. The van der Waals surface area contributed by atoms with E-state index in [1.54, 1.807) is 25.1 Å². The zero-order valence-corrected chi connectivity index (χ0v) is 13.1. The van der Waals surface area contributed by atoms with E-state index < -0.39 is 11.2 Å². The van der Waals surface area contributed by atoms with Crippen molar-refractivity contribution in [3.63, 3.8) is 0 Å². The van der Waals surface area contributed by atoms with Crippen LogP contribution in [0.1, 0.15) is 11.5 Å². The zero-order chi connectivity index (χ0) is 16.6. The van der Waals surface area contributed by atoms with E-state index in [0.717, 1.165) is 0 Å². The van der Waals surface area contributed by atoms with Gasteiger partial charge < -0.3 is 4.74 Å². The molecule has 0 saturated heterocycles. The largest absolute Gasteiger partial charge is 0.424 e. The van der Waals surface area contributed by atoms with Crippen LogP contribution < -0.4 is 4.74 Å². The van der Waals surface area contributed by atoms with Gasteiger partial charge in [0.25, 0.3) is 0 Å². The number of nitrogens with zero attached hydrogens (tertiary/aromatic N) is 4. The maximum Gasteiger partial charge on any atom is 0.381 e. The van der Waals surface area contributed by atoms with E-state index in [2.05, 4.69) is 19.9 Å². The molecular weight excluding hydrogens is 349 g/mol. The van der Waals surface area contributed by atoms with Crippen molar-refractivity contribution in [2.24, 2.45) is 0 Å². The first-order valence-electron chi connectivity index (χ1n) is 6.34. The summed E-state index contributed by atoms with van der Waals surface area (Å²) in [6.45, 7) is 1.56. The van der Waals surface area contributed by atoms with Crippen molar-refractivity contribution in [1.82, 2.24) is 19.9 Å². The summed E-state index contributed by atoms with van der Waals surface area (Å²) in [5.41, 5.74) is 0.578. The fourth-order valence-corrected chi connectivity index (χ4v) is 2.18. The molecule has 2 aromatic heterocycles. The van der Waals surface area contributed by atoms with Crippen LogP contribution in [-0.4, -0.2) is 19.9 Å². The number of halogens is 4. The Kier molecular flexibility index (Phi) is 3.99. The minimum Gasteiger partial charge on any atom is -0.424 e. The topological polar surface area (TPSA) is 60.8 Å². The summed E-state index contributed by atoms with van der Waals surface area (Å²) in [5, 5.41) is -2.81. The molecule has 0 unspecified atom stereocenters. The van der Waals surface area contributed by atoms with Crippen LogP contribution in [-0.2, 0) is 5.38 Å². The van der Waals surface area contributed by atoms with Gasteiger partial charge in [0, 0.05) is 0 Å². The molecule has 0 N–H and O–H groups in total. The molecule has 0 fully saturated rings. The molecule has 0 saturated carbocycles. The SMILES string of the molecule is Cc1nc(C(F)(F)Cl)nc2cccc(Oc3ncc(Cl)cn3)c12. The van der Waals surface area contributed by atoms with Gasteiger partial charge in [0.15, 0.2) is 0 Å². The highest BCUT2D eigenvalue weighted by Gasteiger charge is 2.32. The Morgan fingerprint density at radius 3 is 2.48 bits per heavy atom. The molecule has 0 aliphatic heterocycles. The van der Waals surface area contributed by atoms with E-state index in [-0.39, 0.29) is 11.5 Å². The van der Waals surface area contributed by atoms with Gasteiger partial charge in [-0.3, -0.25) is 0 Å². The fourth-order valence-electron chi connectivity index (χ4n) is 1.99. The Bertz CT molecular complexity index is 869. The van der Waals surface area contributed by atoms with Crippen LogP contribution in [0.15, 0.2) is 30.6 Å². The van der Waals surface area contributed by atoms with Gasteiger partial charge in [0.05, 0.1) is 34.0 Å². The highest BCUT2D eigenvalue weighted by Crippen LogP contribution is 2.34. The van der Waals surface area contributed by atoms with Crippen molar-refractivity contribution < 1.29 is 13.5 Å². The van der Waals surface area contributed by atoms with Crippen LogP contribution >= 0.6 is 23.2 Å². The van der Waals surface area contributed by atoms with Gasteiger partial charge in [0.2, 0.25) is 5.82 Å². The number of hydrogen-bond acceptors (Lipinski definition) is 5. The predicted molar refractivity (Wildman–Crippen MR) is 81.1 cm³/mol. The quantitative estimate of drug-likeness (QED) is 0.648. The number of hydrogen-bond donors (Lipinski definition) is 0. The number of aryl methyl sites for hydroxylation is 1. The number of fused-ring (bicyclic) bond motifs is 1. The molecule has 0 spiro atoms. The second-order valence-corrected chi connectivity index (χ2v) is 5.48. The molecule has 0 atom stereocenters. The Labute approximate surface area is 139 Å². The average Bonchev–Trinajstić information content (AvgIpc) is 2.48. The van der Waals surface area contributed by atoms with Crippen LogP contribution in [0.3, 0.4) is 0 Å². The molecule has 3 aromatic rings. The van der Waals surface area contributed by atoms with Gasteiger partial charge in [-0.05, 0) is 30.7 Å². The van der Waals surface area contributed by atoms with Crippen LogP contribution in [0, 0.1) is 6.92 Å². The Morgan fingerprint density at radius 2 is 1.83 bits per heavy atom. The normalized spacial score (nSPS) is 11.7. The first-order valence-corrected chi connectivity index (χ1v) is 7.10. The van der Waals surface area contributed by atoms with Crippen LogP contribution in [0.2, 0.25) is 5.02 Å². The molecule has 2 heterocycles. The summed E-state index contributed by atoms with van der Waals surface area (Å²) in [6.07, 6.45) is 2.76. The Morgan fingerprint density at radius 1 is 1.13 bits per heavy atom. The molecule has 9 heteroatoms. The van der Waals surface area contributed by atoms with Crippen molar-refractivity contribution in [3.8, 4) is 11.8 Å². The third-order valence-electron chi connectivity index (χ3n) is 2.92. The maximum absolute atomic E-state index is 13.2. The molecule has 0 bridgehead atoms. The van der Waals surface area contributed by atoms with E-state index in [1.807, 2.05) is 0 Å². The molecule has 0 aliphatic rings. The van der Waals surface area contributed by atoms with Gasteiger partial charge in [-0.15, -0.1) is 0 Å². The summed E-state index contributed by atoms with van der Waals surface area (Å²) in [4.78, 5) is 15.4. The summed E-state index contributed by atoms with van der Waals surface area (Å²) in [6, 6.07) is 4.87. The lowest BCUT2D eigenvalue weighted by Crippen LogP contribution is -2.11. The standard InChI is InChI=1S/C14H8Cl2F2N4O/c1-7-11-9(22-12(21-7)14(16,17)18)3-2-4-10(11)23-13-19-5-8(15)6-20-13/h2-6H,1H3. The molecule has 0 amide bonds. The number of aromatic nitrogens is 4. The lowest BCUT2D eigenvalue weighted by molar-refractivity contribution is 0.0847. The molecule has 1 aromatic carbocycles. The van der Waals surface area contributed by atoms with Crippen molar-refractivity contribution >= 4 is 34.1 Å². The van der Waals surface area contributed by atoms with Gasteiger partial charge in [-0.2, -0.15) is 8.78 Å². The smallest absolute Gasteiger partial charge is 0.381 e. The first-order chi connectivity index (χ1) is 10.8. The van der Waals surface area contributed by atoms with Crippen LogP contribution in [0.5, 0.6) is 11.8 Å².